The quantitative estimate of drug-likeness (QED) is 0.523. The van der Waals surface area contributed by atoms with Crippen LogP contribution in [0.25, 0.3) is 0 Å². The molecule has 2 aromatic rings. The maximum absolute atomic E-state index is 12.8. The van der Waals surface area contributed by atoms with E-state index in [0.29, 0.717) is 34.4 Å². The molecule has 0 saturated carbocycles. The summed E-state index contributed by atoms with van der Waals surface area (Å²) in [5.74, 6) is 0.252. The number of carbonyl (C=O) groups excluding carboxylic acids is 3. The molecule has 2 amide bonds. The minimum absolute atomic E-state index is 0.0768. The van der Waals surface area contributed by atoms with Gasteiger partial charge in [-0.1, -0.05) is 6.07 Å². The van der Waals surface area contributed by atoms with E-state index >= 15 is 0 Å². The monoisotopic (exact) mass is 455 g/mol. The van der Waals surface area contributed by atoms with Gasteiger partial charge < -0.3 is 24.4 Å². The van der Waals surface area contributed by atoms with Gasteiger partial charge >= 0.3 is 5.97 Å². The van der Waals surface area contributed by atoms with Gasteiger partial charge in [-0.05, 0) is 54.2 Å². The van der Waals surface area contributed by atoms with Gasteiger partial charge in [0.2, 0.25) is 12.7 Å². The lowest BCUT2D eigenvalue weighted by Gasteiger charge is -2.23. The Morgan fingerprint density at radius 3 is 2.59 bits per heavy atom. The zero-order chi connectivity index (χ0) is 22.8. The fourth-order valence-electron chi connectivity index (χ4n) is 3.58. The van der Waals surface area contributed by atoms with Crippen LogP contribution in [0.4, 0.5) is 5.69 Å². The van der Waals surface area contributed by atoms with Crippen LogP contribution in [-0.4, -0.2) is 59.7 Å². The lowest BCUT2D eigenvalue weighted by Crippen LogP contribution is -2.37. The number of carbonyl (C=O) groups is 3. The first-order chi connectivity index (χ1) is 15.4. The van der Waals surface area contributed by atoms with Gasteiger partial charge in [-0.2, -0.15) is 0 Å². The standard InChI is InChI=1S/C22H21N3O6S/c1-24-20(27)16(10-19(26)23-15-6-4-14(5-7-15)21(28)29-2)25(22(24)32)11-13-3-8-17-18(9-13)31-12-30-17/h3-9,16H,10-12H2,1-2H3,(H,23,26)/t16-/m0/s1. The number of rotatable bonds is 6. The van der Waals surface area contributed by atoms with Crippen molar-refractivity contribution < 1.29 is 28.6 Å². The number of hydrogen-bond donors (Lipinski definition) is 1. The molecule has 2 heterocycles. The summed E-state index contributed by atoms with van der Waals surface area (Å²) in [4.78, 5) is 40.1. The molecule has 2 aromatic carbocycles. The van der Waals surface area contributed by atoms with Crippen LogP contribution in [-0.2, 0) is 20.9 Å². The highest BCUT2D eigenvalue weighted by Crippen LogP contribution is 2.33. The van der Waals surface area contributed by atoms with E-state index in [1.165, 1.54) is 12.0 Å². The number of fused-ring (bicyclic) bond motifs is 1. The summed E-state index contributed by atoms with van der Waals surface area (Å²) in [6.07, 6.45) is -0.0768. The molecule has 166 valence electrons. The van der Waals surface area contributed by atoms with E-state index < -0.39 is 12.0 Å². The number of amides is 2. The summed E-state index contributed by atoms with van der Waals surface area (Å²) in [6, 6.07) is 11.1. The molecular weight excluding hydrogens is 434 g/mol. The topological polar surface area (TPSA) is 97.4 Å². The minimum Gasteiger partial charge on any atom is -0.465 e. The van der Waals surface area contributed by atoms with Gasteiger partial charge in [0.05, 0.1) is 19.1 Å². The Morgan fingerprint density at radius 2 is 1.88 bits per heavy atom. The molecule has 10 heteroatoms. The number of benzene rings is 2. The van der Waals surface area contributed by atoms with E-state index in [1.807, 2.05) is 18.2 Å². The molecule has 4 rings (SSSR count). The molecule has 0 spiro atoms. The molecule has 0 radical (unpaired) electrons. The molecule has 1 saturated heterocycles. The normalized spacial score (nSPS) is 17.0. The number of thiocarbonyl (C=S) groups is 1. The van der Waals surface area contributed by atoms with Gasteiger partial charge in [0, 0.05) is 19.3 Å². The average Bonchev–Trinajstić information content (AvgIpc) is 3.34. The largest absolute Gasteiger partial charge is 0.465 e. The second-order valence-corrected chi connectivity index (χ2v) is 7.70. The maximum Gasteiger partial charge on any atom is 0.337 e. The van der Waals surface area contributed by atoms with Gasteiger partial charge in [0.25, 0.3) is 5.91 Å². The number of methoxy groups -OCH3 is 1. The van der Waals surface area contributed by atoms with Crippen LogP contribution in [0.5, 0.6) is 11.5 Å². The number of ether oxygens (including phenoxy) is 3. The van der Waals surface area contributed by atoms with Gasteiger partial charge in [0.1, 0.15) is 6.04 Å². The molecule has 0 bridgehead atoms. The Labute approximate surface area is 189 Å². The molecule has 2 aliphatic heterocycles. The third kappa shape index (κ3) is 4.22. The molecule has 1 fully saturated rings. The third-order valence-corrected chi connectivity index (χ3v) is 5.79. The highest BCUT2D eigenvalue weighted by atomic mass is 32.1. The average molecular weight is 455 g/mol. The zero-order valence-corrected chi connectivity index (χ0v) is 18.3. The molecule has 0 aliphatic carbocycles. The van der Waals surface area contributed by atoms with Crippen LogP contribution >= 0.6 is 12.2 Å². The lowest BCUT2D eigenvalue weighted by molar-refractivity contribution is -0.130. The maximum atomic E-state index is 12.8. The number of anilines is 1. The Morgan fingerprint density at radius 1 is 1.16 bits per heavy atom. The van der Waals surface area contributed by atoms with Crippen LogP contribution < -0.4 is 14.8 Å². The second-order valence-electron chi connectivity index (χ2n) is 7.33. The van der Waals surface area contributed by atoms with E-state index in [0.717, 1.165) is 5.56 Å². The van der Waals surface area contributed by atoms with Crippen molar-refractivity contribution in [2.75, 3.05) is 26.3 Å². The molecule has 0 unspecified atom stereocenters. The Hall–Kier alpha value is -3.66. The van der Waals surface area contributed by atoms with Crippen LogP contribution in [0.2, 0.25) is 0 Å². The van der Waals surface area contributed by atoms with Crippen molar-refractivity contribution in [3.63, 3.8) is 0 Å². The molecule has 0 aromatic heterocycles. The van der Waals surface area contributed by atoms with E-state index in [1.54, 1.807) is 36.2 Å². The first-order valence-corrected chi connectivity index (χ1v) is 10.2. The summed E-state index contributed by atoms with van der Waals surface area (Å²) in [6.45, 7) is 0.517. The second kappa shape index (κ2) is 8.83. The third-order valence-electron chi connectivity index (χ3n) is 5.28. The Balaban J connectivity index is 1.45. The molecule has 1 N–H and O–H groups in total. The summed E-state index contributed by atoms with van der Waals surface area (Å²) in [5, 5.41) is 3.11. The predicted octanol–water partition coefficient (Wildman–Crippen LogP) is 2.16. The molecular formula is C22H21N3O6S. The Kier molecular flexibility index (Phi) is 5.95. The van der Waals surface area contributed by atoms with Crippen molar-refractivity contribution in [1.82, 2.24) is 9.80 Å². The van der Waals surface area contributed by atoms with E-state index in [4.69, 9.17) is 21.7 Å². The number of hydrogen-bond acceptors (Lipinski definition) is 7. The van der Waals surface area contributed by atoms with Crippen molar-refractivity contribution in [2.45, 2.75) is 19.0 Å². The SMILES string of the molecule is COC(=O)c1ccc(NC(=O)C[C@H]2C(=O)N(C)C(=S)N2Cc2ccc3c(c2)OCO3)cc1. The lowest BCUT2D eigenvalue weighted by atomic mass is 10.1. The minimum atomic E-state index is -0.729. The van der Waals surface area contributed by atoms with E-state index in [-0.39, 0.29) is 25.0 Å². The highest BCUT2D eigenvalue weighted by Gasteiger charge is 2.41. The van der Waals surface area contributed by atoms with Gasteiger partial charge in [-0.3, -0.25) is 14.5 Å². The number of nitrogens with zero attached hydrogens (tertiary/aromatic N) is 2. The van der Waals surface area contributed by atoms with Crippen molar-refractivity contribution in [2.24, 2.45) is 0 Å². The first-order valence-electron chi connectivity index (χ1n) is 9.82. The van der Waals surface area contributed by atoms with Crippen LogP contribution in [0, 0.1) is 0 Å². The van der Waals surface area contributed by atoms with Gasteiger partial charge in [-0.25, -0.2) is 4.79 Å². The fraction of sp³-hybridized carbons (Fsp3) is 0.273. The zero-order valence-electron chi connectivity index (χ0n) is 17.5. The molecule has 2 aliphatic rings. The summed E-state index contributed by atoms with van der Waals surface area (Å²) in [7, 11) is 2.90. The summed E-state index contributed by atoms with van der Waals surface area (Å²) < 4.78 is 15.4. The fourth-order valence-corrected chi connectivity index (χ4v) is 3.87. The van der Waals surface area contributed by atoms with Gasteiger partial charge in [0.15, 0.2) is 16.6 Å². The van der Waals surface area contributed by atoms with Crippen LogP contribution in [0.15, 0.2) is 42.5 Å². The molecule has 9 nitrogen and oxygen atoms in total. The highest BCUT2D eigenvalue weighted by molar-refractivity contribution is 7.80. The predicted molar refractivity (Wildman–Crippen MR) is 118 cm³/mol. The van der Waals surface area contributed by atoms with Crippen molar-refractivity contribution in [3.8, 4) is 11.5 Å². The number of likely N-dealkylation sites (N-methyl/N-ethyl adjacent to an activating group) is 1. The smallest absolute Gasteiger partial charge is 0.337 e. The van der Waals surface area contributed by atoms with Crippen LogP contribution in [0.1, 0.15) is 22.3 Å². The Bertz CT molecular complexity index is 1090. The van der Waals surface area contributed by atoms with E-state index in [9.17, 15) is 14.4 Å². The first kappa shape index (κ1) is 21.6. The van der Waals surface area contributed by atoms with Crippen molar-refractivity contribution in [3.05, 3.63) is 53.6 Å². The molecule has 1 atom stereocenters. The van der Waals surface area contributed by atoms with Crippen molar-refractivity contribution >= 4 is 40.8 Å². The molecule has 32 heavy (non-hydrogen) atoms. The van der Waals surface area contributed by atoms with E-state index in [2.05, 4.69) is 10.1 Å². The van der Waals surface area contributed by atoms with Gasteiger partial charge in [-0.15, -0.1) is 0 Å². The summed E-state index contributed by atoms with van der Waals surface area (Å²) in [5.41, 5.74) is 1.76. The number of esters is 1. The van der Waals surface area contributed by atoms with Crippen molar-refractivity contribution in [1.29, 1.82) is 0 Å². The number of nitrogens with one attached hydrogen (secondary N) is 1. The summed E-state index contributed by atoms with van der Waals surface area (Å²) >= 11 is 5.45. The van der Waals surface area contributed by atoms with Crippen LogP contribution in [0.3, 0.4) is 0 Å².